The van der Waals surface area contributed by atoms with Crippen molar-refractivity contribution in [1.29, 1.82) is 0 Å². The Kier molecular flexibility index (Phi) is 3.92. The molecule has 23 heavy (non-hydrogen) atoms. The van der Waals surface area contributed by atoms with Gasteiger partial charge in [-0.05, 0) is 24.3 Å². The van der Waals surface area contributed by atoms with Crippen molar-refractivity contribution in [2.75, 3.05) is 0 Å². The lowest BCUT2D eigenvalue weighted by Gasteiger charge is -2.09. The SMILES string of the molecule is NN=C(Cc1nncn1-c1ccccc1)c1ccc(O)cc1O. The minimum atomic E-state index is -0.0972. The van der Waals surface area contributed by atoms with Gasteiger partial charge in [0.1, 0.15) is 23.7 Å². The zero-order valence-electron chi connectivity index (χ0n) is 12.2. The highest BCUT2D eigenvalue weighted by Gasteiger charge is 2.15. The molecule has 3 aromatic rings. The van der Waals surface area contributed by atoms with Crippen molar-refractivity contribution in [3.05, 3.63) is 66.2 Å². The molecule has 0 fully saturated rings. The number of nitrogens with zero attached hydrogens (tertiary/aromatic N) is 4. The zero-order chi connectivity index (χ0) is 16.2. The average molecular weight is 309 g/mol. The number of aromatic hydroxyl groups is 2. The first-order chi connectivity index (χ1) is 11.2. The summed E-state index contributed by atoms with van der Waals surface area (Å²) >= 11 is 0. The smallest absolute Gasteiger partial charge is 0.143 e. The third-order valence-electron chi connectivity index (χ3n) is 3.43. The van der Waals surface area contributed by atoms with Crippen LogP contribution in [0.1, 0.15) is 11.4 Å². The molecule has 0 atom stereocenters. The minimum Gasteiger partial charge on any atom is -0.508 e. The largest absolute Gasteiger partial charge is 0.508 e. The van der Waals surface area contributed by atoms with E-state index in [1.807, 2.05) is 34.9 Å². The van der Waals surface area contributed by atoms with Crippen LogP contribution in [0, 0.1) is 0 Å². The molecule has 0 aliphatic rings. The number of phenolic OH excluding ortho intramolecular Hbond substituents is 2. The lowest BCUT2D eigenvalue weighted by atomic mass is 10.1. The number of hydrazone groups is 1. The molecule has 0 aliphatic heterocycles. The molecule has 0 saturated carbocycles. The van der Waals surface area contributed by atoms with E-state index in [2.05, 4.69) is 15.3 Å². The topological polar surface area (TPSA) is 110 Å². The van der Waals surface area contributed by atoms with Crippen molar-refractivity contribution in [3.8, 4) is 17.2 Å². The van der Waals surface area contributed by atoms with E-state index >= 15 is 0 Å². The molecule has 7 heteroatoms. The van der Waals surface area contributed by atoms with Crippen LogP contribution < -0.4 is 5.84 Å². The highest BCUT2D eigenvalue weighted by atomic mass is 16.3. The van der Waals surface area contributed by atoms with Crippen molar-refractivity contribution in [2.24, 2.45) is 10.9 Å². The zero-order valence-corrected chi connectivity index (χ0v) is 12.2. The van der Waals surface area contributed by atoms with E-state index in [1.54, 1.807) is 12.4 Å². The maximum Gasteiger partial charge on any atom is 0.143 e. The molecule has 7 nitrogen and oxygen atoms in total. The van der Waals surface area contributed by atoms with Crippen molar-refractivity contribution in [1.82, 2.24) is 14.8 Å². The van der Waals surface area contributed by atoms with Crippen LogP contribution in [-0.2, 0) is 6.42 Å². The standard InChI is InChI=1S/C16H15N5O2/c17-19-14(13-7-6-12(22)8-15(13)23)9-16-20-18-10-21(16)11-4-2-1-3-5-11/h1-8,10,22-23H,9,17H2. The monoisotopic (exact) mass is 309 g/mol. The Morgan fingerprint density at radius 2 is 1.91 bits per heavy atom. The van der Waals surface area contributed by atoms with Gasteiger partial charge in [-0.3, -0.25) is 4.57 Å². The first kappa shape index (κ1) is 14.6. The number of para-hydroxylation sites is 1. The molecule has 4 N–H and O–H groups in total. The van der Waals surface area contributed by atoms with Crippen LogP contribution in [0.15, 0.2) is 60.0 Å². The van der Waals surface area contributed by atoms with E-state index in [9.17, 15) is 10.2 Å². The van der Waals surface area contributed by atoms with Crippen molar-refractivity contribution in [3.63, 3.8) is 0 Å². The molecule has 0 spiro atoms. The van der Waals surface area contributed by atoms with Gasteiger partial charge in [-0.1, -0.05) is 18.2 Å². The fourth-order valence-electron chi connectivity index (χ4n) is 2.31. The van der Waals surface area contributed by atoms with Crippen molar-refractivity contribution < 1.29 is 10.2 Å². The van der Waals surface area contributed by atoms with Crippen LogP contribution >= 0.6 is 0 Å². The first-order valence-electron chi connectivity index (χ1n) is 6.92. The predicted molar refractivity (Wildman–Crippen MR) is 85.6 cm³/mol. The quantitative estimate of drug-likeness (QED) is 0.385. The second kappa shape index (κ2) is 6.18. The lowest BCUT2D eigenvalue weighted by Crippen LogP contribution is -2.12. The molecule has 0 bridgehead atoms. The predicted octanol–water partition coefficient (Wildman–Crippen LogP) is 1.58. The highest BCUT2D eigenvalue weighted by Crippen LogP contribution is 2.24. The highest BCUT2D eigenvalue weighted by molar-refractivity contribution is 6.03. The maximum absolute atomic E-state index is 9.97. The number of phenols is 2. The second-order valence-electron chi connectivity index (χ2n) is 4.91. The number of nitrogens with two attached hydrogens (primary N) is 1. The molecule has 116 valence electrons. The van der Waals surface area contributed by atoms with Gasteiger partial charge in [-0.15, -0.1) is 10.2 Å². The molecule has 0 saturated heterocycles. The van der Waals surface area contributed by atoms with Crippen LogP contribution in [0.5, 0.6) is 11.5 Å². The van der Waals surface area contributed by atoms with E-state index in [0.29, 0.717) is 17.1 Å². The van der Waals surface area contributed by atoms with Crippen LogP contribution in [0.4, 0.5) is 0 Å². The van der Waals surface area contributed by atoms with Gasteiger partial charge in [0.05, 0.1) is 12.1 Å². The van der Waals surface area contributed by atoms with Gasteiger partial charge in [-0.2, -0.15) is 5.10 Å². The van der Waals surface area contributed by atoms with Crippen LogP contribution in [-0.4, -0.2) is 30.7 Å². The van der Waals surface area contributed by atoms with E-state index in [4.69, 9.17) is 5.84 Å². The van der Waals surface area contributed by atoms with Crippen molar-refractivity contribution >= 4 is 5.71 Å². The summed E-state index contributed by atoms with van der Waals surface area (Å²) in [5.41, 5.74) is 1.79. The molecule has 2 aromatic carbocycles. The summed E-state index contributed by atoms with van der Waals surface area (Å²) in [4.78, 5) is 0. The summed E-state index contributed by atoms with van der Waals surface area (Å²) in [6, 6.07) is 13.9. The summed E-state index contributed by atoms with van der Waals surface area (Å²) in [7, 11) is 0. The second-order valence-corrected chi connectivity index (χ2v) is 4.91. The van der Waals surface area contributed by atoms with Gasteiger partial charge < -0.3 is 16.1 Å². The Morgan fingerprint density at radius 3 is 2.61 bits per heavy atom. The average Bonchev–Trinajstić information content (AvgIpc) is 3.02. The molecule has 1 heterocycles. The number of aromatic nitrogens is 3. The Bertz CT molecular complexity index is 843. The number of benzene rings is 2. The summed E-state index contributed by atoms with van der Waals surface area (Å²) in [6.45, 7) is 0. The lowest BCUT2D eigenvalue weighted by molar-refractivity contribution is 0.450. The van der Waals surface area contributed by atoms with Gasteiger partial charge in [-0.25, -0.2) is 0 Å². The van der Waals surface area contributed by atoms with Gasteiger partial charge in [0.25, 0.3) is 0 Å². The molecule has 1 aromatic heterocycles. The summed E-state index contributed by atoms with van der Waals surface area (Å²) in [6.07, 6.45) is 1.89. The Hall–Kier alpha value is -3.35. The first-order valence-corrected chi connectivity index (χ1v) is 6.92. The van der Waals surface area contributed by atoms with Gasteiger partial charge in [0.15, 0.2) is 0 Å². The Labute approximate surface area is 132 Å². The molecular weight excluding hydrogens is 294 g/mol. The van der Waals surface area contributed by atoms with E-state index < -0.39 is 0 Å². The van der Waals surface area contributed by atoms with Crippen LogP contribution in [0.3, 0.4) is 0 Å². The Morgan fingerprint density at radius 1 is 1.13 bits per heavy atom. The Balaban J connectivity index is 1.94. The van der Waals surface area contributed by atoms with E-state index in [1.165, 1.54) is 12.1 Å². The number of hydrogen-bond donors (Lipinski definition) is 3. The van der Waals surface area contributed by atoms with E-state index in [0.717, 1.165) is 5.69 Å². The third kappa shape index (κ3) is 2.98. The number of rotatable bonds is 4. The molecular formula is C16H15N5O2. The molecule has 0 amide bonds. The van der Waals surface area contributed by atoms with Gasteiger partial charge >= 0.3 is 0 Å². The van der Waals surface area contributed by atoms with E-state index in [-0.39, 0.29) is 17.9 Å². The summed E-state index contributed by atoms with van der Waals surface area (Å²) in [5, 5.41) is 31.1. The van der Waals surface area contributed by atoms with Crippen LogP contribution in [0.25, 0.3) is 5.69 Å². The normalized spacial score (nSPS) is 11.6. The molecule has 0 radical (unpaired) electrons. The minimum absolute atomic E-state index is 0.0323. The fourth-order valence-corrected chi connectivity index (χ4v) is 2.31. The molecule has 0 aliphatic carbocycles. The van der Waals surface area contributed by atoms with Gasteiger partial charge in [0, 0.05) is 17.3 Å². The number of hydrogen-bond acceptors (Lipinski definition) is 6. The van der Waals surface area contributed by atoms with Crippen LogP contribution in [0.2, 0.25) is 0 Å². The summed E-state index contributed by atoms with van der Waals surface area (Å²) in [5.74, 6) is 5.98. The third-order valence-corrected chi connectivity index (χ3v) is 3.43. The maximum atomic E-state index is 9.97. The molecule has 0 unspecified atom stereocenters. The fraction of sp³-hybridized carbons (Fsp3) is 0.0625. The van der Waals surface area contributed by atoms with Crippen molar-refractivity contribution in [2.45, 2.75) is 6.42 Å². The summed E-state index contributed by atoms with van der Waals surface area (Å²) < 4.78 is 1.82. The van der Waals surface area contributed by atoms with Gasteiger partial charge in [0.2, 0.25) is 0 Å². The molecule has 3 rings (SSSR count).